The average Bonchev–Trinajstić information content (AvgIpc) is 2.50. The molecule has 16 heavy (non-hydrogen) atoms. The fraction of sp³-hybridized carbons (Fsp3) is 0. The zero-order valence-electron chi connectivity index (χ0n) is 8.48. The molecule has 1 aliphatic rings. The minimum Gasteiger partial charge on any atom is -0.0877 e. The van der Waals surface area contributed by atoms with Crippen molar-refractivity contribution in [2.45, 2.75) is 9.79 Å². The fourth-order valence-corrected chi connectivity index (χ4v) is 3.43. The molecule has 0 spiro atoms. The summed E-state index contributed by atoms with van der Waals surface area (Å²) in [5, 5.41) is 0. The first-order valence-corrected chi connectivity index (χ1v) is 6.69. The van der Waals surface area contributed by atoms with E-state index in [4.69, 9.17) is 0 Å². The lowest BCUT2D eigenvalue weighted by Crippen LogP contribution is -1.80. The average molecular weight is 289 g/mol. The summed E-state index contributed by atoms with van der Waals surface area (Å²) in [5.41, 5.74) is 2.56. The Morgan fingerprint density at radius 3 is 2.50 bits per heavy atom. The third-order valence-electron chi connectivity index (χ3n) is 2.57. The van der Waals surface area contributed by atoms with Gasteiger partial charge in [0.2, 0.25) is 0 Å². The molecule has 0 nitrogen and oxygen atoms in total. The Morgan fingerprint density at radius 2 is 1.56 bits per heavy atom. The molecule has 0 atom stereocenters. The van der Waals surface area contributed by atoms with E-state index in [1.165, 1.54) is 20.9 Å². The second-order valence-electron chi connectivity index (χ2n) is 3.63. The third-order valence-corrected chi connectivity index (χ3v) is 4.75. The highest BCUT2D eigenvalue weighted by molar-refractivity contribution is 9.10. The van der Waals surface area contributed by atoms with Crippen LogP contribution >= 0.6 is 27.7 Å². The van der Waals surface area contributed by atoms with Crippen LogP contribution in [0, 0.1) is 0 Å². The molecular formula is C14H9BrS. The van der Waals surface area contributed by atoms with Crippen molar-refractivity contribution in [3.63, 3.8) is 0 Å². The van der Waals surface area contributed by atoms with Crippen LogP contribution in [0.4, 0.5) is 0 Å². The van der Waals surface area contributed by atoms with Crippen molar-refractivity contribution in [3.05, 3.63) is 58.1 Å². The molecule has 0 saturated carbocycles. The molecule has 1 heterocycles. The SMILES string of the molecule is Brc1cccc2c1Sc1ccccc1C=C2. The molecule has 0 aliphatic carbocycles. The van der Waals surface area contributed by atoms with E-state index >= 15 is 0 Å². The van der Waals surface area contributed by atoms with Crippen molar-refractivity contribution in [1.82, 2.24) is 0 Å². The zero-order chi connectivity index (χ0) is 11.0. The van der Waals surface area contributed by atoms with Gasteiger partial charge in [0.1, 0.15) is 0 Å². The van der Waals surface area contributed by atoms with E-state index in [0.29, 0.717) is 0 Å². The molecule has 0 amide bonds. The van der Waals surface area contributed by atoms with Crippen molar-refractivity contribution in [2.75, 3.05) is 0 Å². The van der Waals surface area contributed by atoms with Crippen molar-refractivity contribution in [2.24, 2.45) is 0 Å². The van der Waals surface area contributed by atoms with Crippen LogP contribution in [0.15, 0.2) is 56.7 Å². The Bertz CT molecular complexity index is 573. The molecule has 2 aromatic carbocycles. The standard InChI is InChI=1S/C14H9BrS/c15-12-6-3-5-11-9-8-10-4-1-2-7-13(10)16-14(11)12/h1-9H. The topological polar surface area (TPSA) is 0 Å². The van der Waals surface area contributed by atoms with Gasteiger partial charge >= 0.3 is 0 Å². The van der Waals surface area contributed by atoms with Crippen LogP contribution in [0.3, 0.4) is 0 Å². The molecule has 0 radical (unpaired) electrons. The molecule has 1 aliphatic heterocycles. The molecule has 0 aromatic heterocycles. The Labute approximate surface area is 108 Å². The molecule has 78 valence electrons. The van der Waals surface area contributed by atoms with E-state index < -0.39 is 0 Å². The van der Waals surface area contributed by atoms with Crippen LogP contribution in [-0.4, -0.2) is 0 Å². The van der Waals surface area contributed by atoms with Gasteiger partial charge in [-0.1, -0.05) is 54.2 Å². The first-order valence-electron chi connectivity index (χ1n) is 5.08. The highest BCUT2D eigenvalue weighted by Crippen LogP contribution is 2.40. The highest BCUT2D eigenvalue weighted by Gasteiger charge is 2.11. The van der Waals surface area contributed by atoms with Crippen LogP contribution in [0.1, 0.15) is 11.1 Å². The van der Waals surface area contributed by atoms with Gasteiger partial charge in [0.25, 0.3) is 0 Å². The maximum atomic E-state index is 3.61. The molecule has 0 fully saturated rings. The number of fused-ring (bicyclic) bond motifs is 2. The van der Waals surface area contributed by atoms with E-state index in [1.807, 2.05) is 11.8 Å². The fourth-order valence-electron chi connectivity index (χ4n) is 1.77. The van der Waals surface area contributed by atoms with Crippen LogP contribution < -0.4 is 0 Å². The Hall–Kier alpha value is -0.990. The van der Waals surface area contributed by atoms with E-state index in [0.717, 1.165) is 4.47 Å². The summed E-state index contributed by atoms with van der Waals surface area (Å²) < 4.78 is 1.16. The van der Waals surface area contributed by atoms with Gasteiger partial charge in [-0.3, -0.25) is 0 Å². The Morgan fingerprint density at radius 1 is 0.812 bits per heavy atom. The Kier molecular flexibility index (Phi) is 2.62. The van der Waals surface area contributed by atoms with Crippen LogP contribution in [-0.2, 0) is 0 Å². The maximum Gasteiger partial charge on any atom is 0.0337 e. The first kappa shape index (κ1) is 10.2. The van der Waals surface area contributed by atoms with Gasteiger partial charge in [0, 0.05) is 14.3 Å². The minimum atomic E-state index is 1.16. The summed E-state index contributed by atoms with van der Waals surface area (Å²) >= 11 is 5.43. The molecule has 0 N–H and O–H groups in total. The van der Waals surface area contributed by atoms with Crippen molar-refractivity contribution < 1.29 is 0 Å². The molecule has 0 unspecified atom stereocenters. The first-order chi connectivity index (χ1) is 7.84. The lowest BCUT2D eigenvalue weighted by molar-refractivity contribution is 1.36. The van der Waals surface area contributed by atoms with Crippen molar-refractivity contribution in [1.29, 1.82) is 0 Å². The normalized spacial score (nSPS) is 12.8. The van der Waals surface area contributed by atoms with Crippen LogP contribution in [0.25, 0.3) is 12.2 Å². The van der Waals surface area contributed by atoms with Gasteiger partial charge < -0.3 is 0 Å². The van der Waals surface area contributed by atoms with E-state index in [2.05, 4.69) is 70.5 Å². The van der Waals surface area contributed by atoms with E-state index in [1.54, 1.807) is 0 Å². The number of hydrogen-bond acceptors (Lipinski definition) is 1. The van der Waals surface area contributed by atoms with Crippen LogP contribution in [0.5, 0.6) is 0 Å². The highest BCUT2D eigenvalue weighted by atomic mass is 79.9. The number of rotatable bonds is 0. The molecule has 0 bridgehead atoms. The van der Waals surface area contributed by atoms with Crippen molar-refractivity contribution >= 4 is 39.8 Å². The van der Waals surface area contributed by atoms with Gasteiger partial charge in [0.15, 0.2) is 0 Å². The Balaban J connectivity index is 2.22. The zero-order valence-corrected chi connectivity index (χ0v) is 10.9. The lowest BCUT2D eigenvalue weighted by Gasteiger charge is -2.07. The third kappa shape index (κ3) is 1.72. The summed E-state index contributed by atoms with van der Waals surface area (Å²) in [6, 6.07) is 14.8. The summed E-state index contributed by atoms with van der Waals surface area (Å²) in [6.45, 7) is 0. The molecule has 0 saturated heterocycles. The second kappa shape index (κ2) is 4.11. The van der Waals surface area contributed by atoms with Crippen molar-refractivity contribution in [3.8, 4) is 0 Å². The van der Waals surface area contributed by atoms with Gasteiger partial charge in [-0.2, -0.15) is 0 Å². The molecule has 2 aromatic rings. The molecular weight excluding hydrogens is 280 g/mol. The number of benzene rings is 2. The monoisotopic (exact) mass is 288 g/mol. The lowest BCUT2D eigenvalue weighted by atomic mass is 10.1. The largest absolute Gasteiger partial charge is 0.0877 e. The maximum absolute atomic E-state index is 3.61. The van der Waals surface area contributed by atoms with Crippen LogP contribution in [0.2, 0.25) is 0 Å². The second-order valence-corrected chi connectivity index (χ2v) is 5.54. The van der Waals surface area contributed by atoms with Gasteiger partial charge in [-0.25, -0.2) is 0 Å². The van der Waals surface area contributed by atoms with E-state index in [9.17, 15) is 0 Å². The molecule has 2 heteroatoms. The quantitative estimate of drug-likeness (QED) is 0.556. The summed E-state index contributed by atoms with van der Waals surface area (Å²) in [4.78, 5) is 2.60. The van der Waals surface area contributed by atoms with Gasteiger partial charge in [-0.05, 0) is 39.2 Å². The molecule has 3 rings (SSSR count). The van der Waals surface area contributed by atoms with Gasteiger partial charge in [0.05, 0.1) is 0 Å². The predicted octanol–water partition coefficient (Wildman–Crippen LogP) is 5.08. The summed E-state index contributed by atoms with van der Waals surface area (Å²) in [5.74, 6) is 0. The smallest absolute Gasteiger partial charge is 0.0337 e. The van der Waals surface area contributed by atoms with E-state index in [-0.39, 0.29) is 0 Å². The predicted molar refractivity (Wildman–Crippen MR) is 73.6 cm³/mol. The summed E-state index contributed by atoms with van der Waals surface area (Å²) in [7, 11) is 0. The van der Waals surface area contributed by atoms with Gasteiger partial charge in [-0.15, -0.1) is 0 Å². The minimum absolute atomic E-state index is 1.16. The number of hydrogen-bond donors (Lipinski definition) is 0. The number of halogens is 1. The summed E-state index contributed by atoms with van der Waals surface area (Å²) in [6.07, 6.45) is 4.36.